The standard InChI is InChI=1S/C23H25N5O4/c1-2-31-20-10-15(5-6-19(20)32-14-21(24)29)12-28-9-7-17-18(13-28)26-22(27-23(17)30)16-4-3-8-25-11-16/h3-6,8,10-11H,2,7,9,12-14H2,1H3,(H2,24,29)(H,26,27,30). The molecule has 1 amide bonds. The summed E-state index contributed by atoms with van der Waals surface area (Å²) in [5.41, 5.74) is 8.40. The van der Waals surface area contributed by atoms with Crippen LogP contribution < -0.4 is 20.8 Å². The molecule has 1 aliphatic heterocycles. The minimum absolute atomic E-state index is 0.0944. The van der Waals surface area contributed by atoms with E-state index >= 15 is 0 Å². The van der Waals surface area contributed by atoms with Gasteiger partial charge in [-0.2, -0.15) is 0 Å². The first kappa shape index (κ1) is 21.5. The van der Waals surface area contributed by atoms with E-state index in [0.717, 1.165) is 28.9 Å². The third kappa shape index (κ3) is 4.94. The normalized spacial score (nSPS) is 13.4. The fourth-order valence-electron chi connectivity index (χ4n) is 3.71. The Morgan fingerprint density at radius 1 is 1.25 bits per heavy atom. The number of rotatable bonds is 8. The number of fused-ring (bicyclic) bond motifs is 1. The second-order valence-corrected chi connectivity index (χ2v) is 7.51. The Morgan fingerprint density at radius 3 is 2.88 bits per heavy atom. The van der Waals surface area contributed by atoms with Gasteiger partial charge in [0.2, 0.25) is 0 Å². The van der Waals surface area contributed by atoms with Gasteiger partial charge in [-0.25, -0.2) is 4.98 Å². The molecule has 0 unspecified atom stereocenters. The van der Waals surface area contributed by atoms with E-state index in [0.29, 0.717) is 43.4 Å². The highest BCUT2D eigenvalue weighted by molar-refractivity contribution is 5.75. The fourth-order valence-corrected chi connectivity index (χ4v) is 3.71. The number of carbonyl (C=O) groups is 1. The molecular formula is C23H25N5O4. The van der Waals surface area contributed by atoms with Gasteiger partial charge < -0.3 is 20.2 Å². The molecule has 0 spiro atoms. The van der Waals surface area contributed by atoms with Crippen molar-refractivity contribution in [1.82, 2.24) is 19.9 Å². The van der Waals surface area contributed by atoms with Gasteiger partial charge in [0.25, 0.3) is 11.5 Å². The molecule has 0 radical (unpaired) electrons. The fraction of sp³-hybridized carbons (Fsp3) is 0.304. The molecule has 0 aliphatic carbocycles. The van der Waals surface area contributed by atoms with Crippen LogP contribution in [0.25, 0.3) is 11.4 Å². The van der Waals surface area contributed by atoms with Gasteiger partial charge in [-0.05, 0) is 43.2 Å². The lowest BCUT2D eigenvalue weighted by Gasteiger charge is -2.28. The number of nitrogens with one attached hydrogen (secondary N) is 1. The smallest absolute Gasteiger partial charge is 0.255 e. The van der Waals surface area contributed by atoms with Crippen molar-refractivity contribution in [3.63, 3.8) is 0 Å². The lowest BCUT2D eigenvalue weighted by molar-refractivity contribution is -0.119. The Kier molecular flexibility index (Phi) is 6.46. The SMILES string of the molecule is CCOc1cc(CN2CCc3c(nc(-c4cccnc4)[nH]c3=O)C2)ccc1OCC(N)=O. The number of carbonyl (C=O) groups excluding carboxylic acids is 1. The van der Waals surface area contributed by atoms with Crippen LogP contribution in [0, 0.1) is 0 Å². The number of aromatic amines is 1. The number of hydrogen-bond donors (Lipinski definition) is 2. The Morgan fingerprint density at radius 2 is 2.12 bits per heavy atom. The number of nitrogens with two attached hydrogens (primary N) is 1. The summed E-state index contributed by atoms with van der Waals surface area (Å²) in [5.74, 6) is 1.03. The monoisotopic (exact) mass is 435 g/mol. The van der Waals surface area contributed by atoms with Crippen molar-refractivity contribution in [3.05, 3.63) is 69.9 Å². The number of pyridine rings is 1. The molecule has 1 aliphatic rings. The highest BCUT2D eigenvalue weighted by atomic mass is 16.5. The van der Waals surface area contributed by atoms with Crippen LogP contribution in [0.15, 0.2) is 47.5 Å². The van der Waals surface area contributed by atoms with Crippen LogP contribution in [0.5, 0.6) is 11.5 Å². The first-order valence-corrected chi connectivity index (χ1v) is 10.4. The molecule has 3 heterocycles. The zero-order valence-corrected chi connectivity index (χ0v) is 17.8. The van der Waals surface area contributed by atoms with E-state index in [-0.39, 0.29) is 12.2 Å². The highest BCUT2D eigenvalue weighted by Gasteiger charge is 2.22. The van der Waals surface area contributed by atoms with Crippen molar-refractivity contribution >= 4 is 5.91 Å². The number of hydrogen-bond acceptors (Lipinski definition) is 7. The second-order valence-electron chi connectivity index (χ2n) is 7.51. The maximum Gasteiger partial charge on any atom is 0.255 e. The van der Waals surface area contributed by atoms with Crippen LogP contribution in [0.3, 0.4) is 0 Å². The minimum Gasteiger partial charge on any atom is -0.490 e. The van der Waals surface area contributed by atoms with E-state index in [1.807, 2.05) is 31.2 Å². The molecule has 0 atom stereocenters. The molecule has 32 heavy (non-hydrogen) atoms. The number of aromatic nitrogens is 3. The van der Waals surface area contributed by atoms with E-state index < -0.39 is 5.91 Å². The quantitative estimate of drug-likeness (QED) is 0.551. The van der Waals surface area contributed by atoms with Gasteiger partial charge >= 0.3 is 0 Å². The summed E-state index contributed by atoms with van der Waals surface area (Å²) in [6, 6.07) is 9.30. The van der Waals surface area contributed by atoms with Gasteiger partial charge in [-0.1, -0.05) is 6.07 Å². The molecule has 9 nitrogen and oxygen atoms in total. The summed E-state index contributed by atoms with van der Waals surface area (Å²) < 4.78 is 11.1. The van der Waals surface area contributed by atoms with Gasteiger partial charge in [-0.3, -0.25) is 19.5 Å². The zero-order valence-electron chi connectivity index (χ0n) is 17.8. The highest BCUT2D eigenvalue weighted by Crippen LogP contribution is 2.29. The van der Waals surface area contributed by atoms with Crippen molar-refractivity contribution < 1.29 is 14.3 Å². The van der Waals surface area contributed by atoms with Crippen molar-refractivity contribution in [2.75, 3.05) is 19.8 Å². The van der Waals surface area contributed by atoms with Gasteiger partial charge in [-0.15, -0.1) is 0 Å². The van der Waals surface area contributed by atoms with Crippen molar-refractivity contribution in [3.8, 4) is 22.9 Å². The van der Waals surface area contributed by atoms with Crippen LogP contribution in [0.2, 0.25) is 0 Å². The molecule has 3 aromatic rings. The Balaban J connectivity index is 1.52. The van der Waals surface area contributed by atoms with E-state index in [2.05, 4.69) is 14.9 Å². The number of primary amides is 1. The molecular weight excluding hydrogens is 410 g/mol. The predicted octanol–water partition coefficient (Wildman–Crippen LogP) is 1.65. The summed E-state index contributed by atoms with van der Waals surface area (Å²) in [4.78, 5) is 37.5. The number of amides is 1. The third-order valence-corrected chi connectivity index (χ3v) is 5.17. The average Bonchev–Trinajstić information content (AvgIpc) is 2.79. The van der Waals surface area contributed by atoms with Crippen LogP contribution in [-0.2, 0) is 24.3 Å². The molecule has 3 N–H and O–H groups in total. The molecule has 0 fully saturated rings. The molecule has 2 aromatic heterocycles. The Bertz CT molecular complexity index is 1160. The molecule has 166 valence electrons. The van der Waals surface area contributed by atoms with Crippen molar-refractivity contribution in [1.29, 1.82) is 0 Å². The van der Waals surface area contributed by atoms with E-state index in [9.17, 15) is 9.59 Å². The van der Waals surface area contributed by atoms with Gasteiger partial charge in [0.15, 0.2) is 18.1 Å². The molecule has 0 bridgehead atoms. The Hall–Kier alpha value is -3.72. The van der Waals surface area contributed by atoms with E-state index in [1.165, 1.54) is 0 Å². The summed E-state index contributed by atoms with van der Waals surface area (Å²) in [6.07, 6.45) is 3.99. The van der Waals surface area contributed by atoms with E-state index in [4.69, 9.17) is 20.2 Å². The molecule has 0 saturated carbocycles. The number of H-pyrrole nitrogens is 1. The average molecular weight is 435 g/mol. The summed E-state index contributed by atoms with van der Waals surface area (Å²) in [7, 11) is 0. The summed E-state index contributed by atoms with van der Waals surface area (Å²) in [6.45, 7) is 4.12. The van der Waals surface area contributed by atoms with Crippen molar-refractivity contribution in [2.24, 2.45) is 5.73 Å². The summed E-state index contributed by atoms with van der Waals surface area (Å²) in [5, 5.41) is 0. The second kappa shape index (κ2) is 9.61. The van der Waals surface area contributed by atoms with Crippen LogP contribution in [0.1, 0.15) is 23.7 Å². The molecule has 9 heteroatoms. The van der Waals surface area contributed by atoms with Gasteiger partial charge in [0.05, 0.1) is 12.3 Å². The molecule has 1 aromatic carbocycles. The van der Waals surface area contributed by atoms with Crippen LogP contribution in [0.4, 0.5) is 0 Å². The first-order chi connectivity index (χ1) is 15.5. The summed E-state index contributed by atoms with van der Waals surface area (Å²) >= 11 is 0. The lowest BCUT2D eigenvalue weighted by atomic mass is 10.0. The van der Waals surface area contributed by atoms with Gasteiger partial charge in [0, 0.05) is 43.2 Å². The topological polar surface area (TPSA) is 123 Å². The minimum atomic E-state index is -0.545. The molecule has 0 saturated heterocycles. The zero-order chi connectivity index (χ0) is 22.5. The third-order valence-electron chi connectivity index (χ3n) is 5.17. The number of benzene rings is 1. The van der Waals surface area contributed by atoms with Crippen molar-refractivity contribution in [2.45, 2.75) is 26.4 Å². The number of ether oxygens (including phenoxy) is 2. The lowest BCUT2D eigenvalue weighted by Crippen LogP contribution is -2.35. The largest absolute Gasteiger partial charge is 0.490 e. The maximum absolute atomic E-state index is 12.6. The predicted molar refractivity (Wildman–Crippen MR) is 118 cm³/mol. The number of nitrogens with zero attached hydrogens (tertiary/aromatic N) is 3. The molecule has 4 rings (SSSR count). The van der Waals surface area contributed by atoms with Crippen LogP contribution in [-0.4, -0.2) is 45.5 Å². The van der Waals surface area contributed by atoms with Crippen LogP contribution >= 0.6 is 0 Å². The van der Waals surface area contributed by atoms with Gasteiger partial charge in [0.1, 0.15) is 5.82 Å². The Labute approximate surface area is 185 Å². The maximum atomic E-state index is 12.6. The first-order valence-electron chi connectivity index (χ1n) is 10.4. The van der Waals surface area contributed by atoms with E-state index in [1.54, 1.807) is 18.5 Å².